The number of carbonyl (C=O) groups is 2. The van der Waals surface area contributed by atoms with Gasteiger partial charge in [0, 0.05) is 39.2 Å². The topological polar surface area (TPSA) is 91.4 Å². The van der Waals surface area contributed by atoms with Gasteiger partial charge in [0.05, 0.1) is 10.8 Å². The van der Waals surface area contributed by atoms with E-state index in [4.69, 9.17) is 4.74 Å². The summed E-state index contributed by atoms with van der Waals surface area (Å²) in [6.07, 6.45) is 2.52. The number of aryl methyl sites for hydroxylation is 1. The molecule has 1 saturated carbocycles. The van der Waals surface area contributed by atoms with E-state index in [1.54, 1.807) is 0 Å². The van der Waals surface area contributed by atoms with Gasteiger partial charge in [-0.25, -0.2) is 4.98 Å². The fraction of sp³-hybridized carbons (Fsp3) is 0.565. The number of methoxy groups -OCH3 is 1. The Hall–Kier alpha value is -2.74. The molecule has 164 valence electrons. The Morgan fingerprint density at radius 1 is 1.16 bits per heavy atom. The van der Waals surface area contributed by atoms with E-state index in [0.717, 1.165) is 36.5 Å². The zero-order valence-electron chi connectivity index (χ0n) is 18.1. The van der Waals surface area contributed by atoms with Crippen molar-refractivity contribution in [3.63, 3.8) is 0 Å². The first-order valence-electron chi connectivity index (χ1n) is 11.0. The molecule has 5 rings (SSSR count). The number of aromatic nitrogens is 3. The summed E-state index contributed by atoms with van der Waals surface area (Å²) in [5.41, 5.74) is 0.391. The summed E-state index contributed by atoms with van der Waals surface area (Å²) in [6, 6.07) is 10.1. The molecule has 1 aromatic heterocycles. The van der Waals surface area contributed by atoms with Crippen LogP contribution in [0.15, 0.2) is 30.3 Å². The summed E-state index contributed by atoms with van der Waals surface area (Å²) < 4.78 is 5.06. The van der Waals surface area contributed by atoms with Crippen LogP contribution in [0.1, 0.15) is 36.5 Å². The van der Waals surface area contributed by atoms with Crippen molar-refractivity contribution in [3.05, 3.63) is 47.5 Å². The third-order valence-electron chi connectivity index (χ3n) is 7.40. The van der Waals surface area contributed by atoms with Gasteiger partial charge in [-0.05, 0) is 31.7 Å². The number of fused-ring (bicyclic) bond motifs is 1. The quantitative estimate of drug-likeness (QED) is 0.785. The van der Waals surface area contributed by atoms with Gasteiger partial charge < -0.3 is 14.5 Å². The molecule has 3 heterocycles. The third kappa shape index (κ3) is 3.24. The van der Waals surface area contributed by atoms with Gasteiger partial charge in [0.1, 0.15) is 12.4 Å². The molecule has 2 atom stereocenters. The van der Waals surface area contributed by atoms with Crippen molar-refractivity contribution in [3.8, 4) is 0 Å². The van der Waals surface area contributed by atoms with Crippen LogP contribution in [0.4, 0.5) is 0 Å². The molecule has 2 aliphatic heterocycles. The number of H-pyrrole nitrogens is 1. The Morgan fingerprint density at radius 2 is 1.90 bits per heavy atom. The van der Waals surface area contributed by atoms with Gasteiger partial charge >= 0.3 is 0 Å². The van der Waals surface area contributed by atoms with Crippen molar-refractivity contribution in [1.29, 1.82) is 0 Å². The summed E-state index contributed by atoms with van der Waals surface area (Å²) in [5, 5.41) is 7.48. The minimum Gasteiger partial charge on any atom is -0.375 e. The summed E-state index contributed by atoms with van der Waals surface area (Å²) in [6.45, 7) is 4.42. The number of amides is 2. The van der Waals surface area contributed by atoms with Crippen molar-refractivity contribution in [2.45, 2.75) is 37.0 Å². The van der Waals surface area contributed by atoms with E-state index in [-0.39, 0.29) is 29.8 Å². The lowest BCUT2D eigenvalue weighted by Gasteiger charge is -2.41. The van der Waals surface area contributed by atoms with Gasteiger partial charge in [0.2, 0.25) is 11.8 Å². The predicted molar refractivity (Wildman–Crippen MR) is 113 cm³/mol. The molecule has 0 radical (unpaired) electrons. The first-order chi connectivity index (χ1) is 15.0. The monoisotopic (exact) mass is 423 g/mol. The van der Waals surface area contributed by atoms with Gasteiger partial charge in [0.15, 0.2) is 5.82 Å². The normalized spacial score (nSPS) is 26.6. The van der Waals surface area contributed by atoms with Crippen LogP contribution in [0, 0.1) is 12.8 Å². The highest BCUT2D eigenvalue weighted by atomic mass is 16.5. The summed E-state index contributed by atoms with van der Waals surface area (Å²) >= 11 is 0. The number of hydrogen-bond acceptors (Lipinski definition) is 5. The molecule has 1 aliphatic carbocycles. The largest absolute Gasteiger partial charge is 0.375 e. The van der Waals surface area contributed by atoms with Gasteiger partial charge in [0.25, 0.3) is 0 Å². The number of piperidine rings is 1. The molecule has 8 nitrogen and oxygen atoms in total. The van der Waals surface area contributed by atoms with E-state index >= 15 is 0 Å². The number of nitrogens with zero attached hydrogens (tertiary/aromatic N) is 4. The lowest BCUT2D eigenvalue weighted by atomic mass is 9.72. The van der Waals surface area contributed by atoms with Crippen molar-refractivity contribution in [1.82, 2.24) is 25.0 Å². The average molecular weight is 424 g/mol. The molecule has 1 N–H and O–H groups in total. The lowest BCUT2D eigenvalue weighted by Crippen LogP contribution is -2.52. The maximum Gasteiger partial charge on any atom is 0.248 e. The van der Waals surface area contributed by atoms with Crippen molar-refractivity contribution in [2.75, 3.05) is 39.9 Å². The molecule has 2 amide bonds. The molecular formula is C23H29N5O3. The average Bonchev–Trinajstić information content (AvgIpc) is 3.32. The van der Waals surface area contributed by atoms with Crippen LogP contribution >= 0.6 is 0 Å². The van der Waals surface area contributed by atoms with Gasteiger partial charge in [-0.2, -0.15) is 5.10 Å². The van der Waals surface area contributed by atoms with Crippen molar-refractivity contribution in [2.24, 2.45) is 5.92 Å². The second-order valence-corrected chi connectivity index (χ2v) is 9.25. The summed E-state index contributed by atoms with van der Waals surface area (Å²) in [7, 11) is 1.54. The number of ether oxygens (including phenoxy) is 1. The van der Waals surface area contributed by atoms with E-state index in [2.05, 4.69) is 27.3 Å². The SMILES string of the molecule is COCC(=O)N1CC[C@@]2(c3n[nH]c(C)n3)CN(C(=O)C3(c4ccccc4)CC3)C[C@H]2C1. The third-order valence-corrected chi connectivity index (χ3v) is 7.40. The highest BCUT2D eigenvalue weighted by Crippen LogP contribution is 2.52. The van der Waals surface area contributed by atoms with Gasteiger partial charge in [-0.3, -0.25) is 14.7 Å². The van der Waals surface area contributed by atoms with E-state index in [9.17, 15) is 9.59 Å². The van der Waals surface area contributed by atoms with Crippen LogP contribution in [-0.4, -0.2) is 76.7 Å². The van der Waals surface area contributed by atoms with Gasteiger partial charge in [-0.1, -0.05) is 30.3 Å². The number of nitrogens with one attached hydrogen (secondary N) is 1. The molecule has 3 fully saturated rings. The Balaban J connectivity index is 1.44. The molecule has 0 spiro atoms. The zero-order chi connectivity index (χ0) is 21.6. The van der Waals surface area contributed by atoms with E-state index in [1.807, 2.05) is 34.9 Å². The second kappa shape index (κ2) is 7.44. The molecule has 31 heavy (non-hydrogen) atoms. The fourth-order valence-corrected chi connectivity index (χ4v) is 5.52. The number of likely N-dealkylation sites (tertiary alicyclic amines) is 2. The molecule has 1 aromatic carbocycles. The van der Waals surface area contributed by atoms with Crippen molar-refractivity contribution >= 4 is 11.8 Å². The highest BCUT2D eigenvalue weighted by Gasteiger charge is 2.59. The van der Waals surface area contributed by atoms with Crippen molar-refractivity contribution < 1.29 is 14.3 Å². The second-order valence-electron chi connectivity index (χ2n) is 9.25. The molecule has 0 bridgehead atoms. The first-order valence-corrected chi connectivity index (χ1v) is 11.0. The Kier molecular flexibility index (Phi) is 4.84. The Morgan fingerprint density at radius 3 is 2.55 bits per heavy atom. The molecule has 0 unspecified atom stereocenters. The van der Waals surface area contributed by atoms with Crippen LogP contribution in [0.2, 0.25) is 0 Å². The Labute approximate surface area is 182 Å². The fourth-order valence-electron chi connectivity index (χ4n) is 5.52. The Bertz CT molecular complexity index is 986. The highest BCUT2D eigenvalue weighted by molar-refractivity contribution is 5.91. The van der Waals surface area contributed by atoms with Crippen LogP contribution < -0.4 is 0 Å². The van der Waals surface area contributed by atoms with Crippen LogP contribution in [-0.2, 0) is 25.2 Å². The summed E-state index contributed by atoms with van der Waals surface area (Å²) in [5.74, 6) is 1.85. The maximum atomic E-state index is 13.7. The molecular weight excluding hydrogens is 394 g/mol. The van der Waals surface area contributed by atoms with E-state index in [0.29, 0.717) is 26.2 Å². The van der Waals surface area contributed by atoms with Crippen LogP contribution in [0.25, 0.3) is 0 Å². The number of aromatic amines is 1. The van der Waals surface area contributed by atoms with E-state index < -0.39 is 5.41 Å². The minimum atomic E-state index is -0.392. The summed E-state index contributed by atoms with van der Waals surface area (Å²) in [4.78, 5) is 34.8. The number of rotatable bonds is 5. The van der Waals surface area contributed by atoms with Crippen LogP contribution in [0.5, 0.6) is 0 Å². The molecule has 3 aliphatic rings. The molecule has 2 saturated heterocycles. The molecule has 2 aromatic rings. The van der Waals surface area contributed by atoms with Crippen LogP contribution in [0.3, 0.4) is 0 Å². The van der Waals surface area contributed by atoms with Gasteiger partial charge in [-0.15, -0.1) is 0 Å². The number of benzene rings is 1. The molecule has 8 heteroatoms. The standard InChI is InChI=1S/C23H29N5O3/c1-16-24-20(26-25-16)23-10-11-27(19(29)14-31-2)12-18(23)13-28(15-23)21(30)22(8-9-22)17-6-4-3-5-7-17/h3-7,18H,8-15H2,1-2H3,(H,24,25,26)/t18-,23-/m1/s1. The maximum absolute atomic E-state index is 13.7. The first kappa shape index (κ1) is 20.2. The minimum absolute atomic E-state index is 0.00464. The smallest absolute Gasteiger partial charge is 0.248 e. The number of carbonyl (C=O) groups excluding carboxylic acids is 2. The lowest BCUT2D eigenvalue weighted by molar-refractivity contribution is -0.137. The number of hydrogen-bond donors (Lipinski definition) is 1. The predicted octanol–water partition coefficient (Wildman–Crippen LogP) is 1.42. The zero-order valence-corrected chi connectivity index (χ0v) is 18.1. The van der Waals surface area contributed by atoms with E-state index in [1.165, 1.54) is 7.11 Å².